The van der Waals surface area contributed by atoms with Crippen molar-refractivity contribution in [3.05, 3.63) is 88.4 Å². The summed E-state index contributed by atoms with van der Waals surface area (Å²) in [6, 6.07) is 20.1. The van der Waals surface area contributed by atoms with Crippen molar-refractivity contribution >= 4 is 43.6 Å². The van der Waals surface area contributed by atoms with E-state index in [9.17, 15) is 8.42 Å². The minimum absolute atomic E-state index is 0.136. The number of anilines is 1. The second-order valence-corrected chi connectivity index (χ2v) is 13.3. The molecule has 0 saturated carbocycles. The highest BCUT2D eigenvalue weighted by atomic mass is 79.9. The molecule has 0 spiro atoms. The molecule has 0 bridgehead atoms. The van der Waals surface area contributed by atoms with E-state index in [0.29, 0.717) is 0 Å². The van der Waals surface area contributed by atoms with E-state index in [1.54, 1.807) is 12.1 Å². The lowest BCUT2D eigenvalue weighted by atomic mass is 9.82. The maximum atomic E-state index is 12.5. The Balaban J connectivity index is 1.63. The molecule has 194 valence electrons. The molecular weight excluding hydrogens is 550 g/mol. The zero-order chi connectivity index (χ0) is 26.8. The number of hydrogen-bond donors (Lipinski definition) is 1. The van der Waals surface area contributed by atoms with Crippen molar-refractivity contribution < 1.29 is 12.6 Å². The number of fused-ring (bicyclic) bond motifs is 1. The summed E-state index contributed by atoms with van der Waals surface area (Å²) in [5.74, 6) is 1.10. The number of pyridine rings is 1. The van der Waals surface area contributed by atoms with Crippen LogP contribution in [0.2, 0.25) is 0 Å². The molecular formula is C29H32BrN3O3S. The molecule has 0 aliphatic rings. The van der Waals surface area contributed by atoms with Crippen LogP contribution in [-0.4, -0.2) is 23.3 Å². The molecule has 2 aromatic carbocycles. The SMILES string of the molecule is CC(C)(C)CC(C)(C)Nc1c(-c2ccc(OS(=O)(=O)C=Cc3ccccc3)cc2)nc2ccc(Br)cn12. The Bertz CT molecular complexity index is 1520. The highest BCUT2D eigenvalue weighted by Gasteiger charge is 2.28. The number of nitrogens with zero attached hydrogens (tertiary/aromatic N) is 2. The third-order valence-electron chi connectivity index (χ3n) is 5.58. The van der Waals surface area contributed by atoms with Crippen LogP contribution in [0.25, 0.3) is 23.0 Å². The lowest BCUT2D eigenvalue weighted by Gasteiger charge is -2.34. The fraction of sp³-hybridized carbons (Fsp3) is 0.276. The predicted molar refractivity (Wildman–Crippen MR) is 155 cm³/mol. The summed E-state index contributed by atoms with van der Waals surface area (Å²) in [6.07, 6.45) is 4.45. The average Bonchev–Trinajstić information content (AvgIpc) is 3.14. The van der Waals surface area contributed by atoms with E-state index in [-0.39, 0.29) is 16.7 Å². The fourth-order valence-corrected chi connectivity index (χ4v) is 5.68. The molecule has 0 unspecified atom stereocenters. The number of halogens is 1. The number of imidazole rings is 1. The molecule has 6 nitrogen and oxygen atoms in total. The van der Waals surface area contributed by atoms with Gasteiger partial charge < -0.3 is 9.50 Å². The average molecular weight is 583 g/mol. The van der Waals surface area contributed by atoms with Crippen molar-refractivity contribution in [2.24, 2.45) is 5.41 Å². The first-order chi connectivity index (χ1) is 17.3. The number of nitrogens with one attached hydrogen (secondary N) is 1. The van der Waals surface area contributed by atoms with Crippen molar-refractivity contribution in [1.82, 2.24) is 9.38 Å². The summed E-state index contributed by atoms with van der Waals surface area (Å²) in [4.78, 5) is 4.88. The third-order valence-corrected chi connectivity index (χ3v) is 6.94. The van der Waals surface area contributed by atoms with Gasteiger partial charge in [0.15, 0.2) is 0 Å². The van der Waals surface area contributed by atoms with Gasteiger partial charge in [0.25, 0.3) is 0 Å². The second-order valence-electron chi connectivity index (χ2n) is 10.9. The highest BCUT2D eigenvalue weighted by molar-refractivity contribution is 9.10. The van der Waals surface area contributed by atoms with Crippen molar-refractivity contribution in [3.8, 4) is 17.0 Å². The summed E-state index contributed by atoms with van der Waals surface area (Å²) in [7, 11) is -3.90. The lowest BCUT2D eigenvalue weighted by molar-refractivity contribution is 0.302. The van der Waals surface area contributed by atoms with Gasteiger partial charge in [-0.1, -0.05) is 51.1 Å². The fourth-order valence-electron chi connectivity index (χ4n) is 4.59. The van der Waals surface area contributed by atoms with Gasteiger partial charge in [0, 0.05) is 21.8 Å². The molecule has 2 heterocycles. The van der Waals surface area contributed by atoms with Gasteiger partial charge in [-0.05, 0) is 89.7 Å². The molecule has 4 aromatic rings. The van der Waals surface area contributed by atoms with Crippen LogP contribution in [0.4, 0.5) is 5.82 Å². The maximum absolute atomic E-state index is 12.5. The monoisotopic (exact) mass is 581 g/mol. The topological polar surface area (TPSA) is 72.7 Å². The van der Waals surface area contributed by atoms with Gasteiger partial charge in [0.2, 0.25) is 0 Å². The first-order valence-corrected chi connectivity index (χ1v) is 14.3. The molecule has 0 fully saturated rings. The van der Waals surface area contributed by atoms with Crippen LogP contribution in [-0.2, 0) is 10.1 Å². The minimum Gasteiger partial charge on any atom is -0.379 e. The molecule has 8 heteroatoms. The van der Waals surface area contributed by atoms with Gasteiger partial charge in [-0.3, -0.25) is 4.40 Å². The van der Waals surface area contributed by atoms with E-state index in [2.05, 4.69) is 55.9 Å². The molecule has 4 rings (SSSR count). The summed E-state index contributed by atoms with van der Waals surface area (Å²) in [6.45, 7) is 11.0. The lowest BCUT2D eigenvalue weighted by Crippen LogP contribution is -2.36. The van der Waals surface area contributed by atoms with Gasteiger partial charge in [0.05, 0.1) is 5.41 Å². The number of hydrogen-bond acceptors (Lipinski definition) is 5. The Labute approximate surface area is 227 Å². The van der Waals surface area contributed by atoms with Crippen molar-refractivity contribution in [2.75, 3.05) is 5.32 Å². The molecule has 0 amide bonds. The van der Waals surface area contributed by atoms with Crippen LogP contribution in [0.5, 0.6) is 5.75 Å². The smallest absolute Gasteiger partial charge is 0.332 e. The Morgan fingerprint density at radius 3 is 2.30 bits per heavy atom. The molecule has 0 aliphatic carbocycles. The van der Waals surface area contributed by atoms with Crippen LogP contribution in [0.3, 0.4) is 0 Å². The molecule has 0 aliphatic heterocycles. The van der Waals surface area contributed by atoms with Gasteiger partial charge in [-0.25, -0.2) is 4.98 Å². The summed E-state index contributed by atoms with van der Waals surface area (Å²) in [5.41, 5.74) is 3.14. The van der Waals surface area contributed by atoms with Crippen LogP contribution < -0.4 is 9.50 Å². The Morgan fingerprint density at radius 1 is 0.973 bits per heavy atom. The molecule has 0 radical (unpaired) electrons. The maximum Gasteiger partial charge on any atom is 0.332 e. The summed E-state index contributed by atoms with van der Waals surface area (Å²) >= 11 is 3.57. The van der Waals surface area contributed by atoms with Crippen LogP contribution in [0.1, 0.15) is 46.6 Å². The molecule has 0 atom stereocenters. The van der Waals surface area contributed by atoms with Crippen molar-refractivity contribution in [2.45, 2.75) is 46.6 Å². The second kappa shape index (κ2) is 10.3. The van der Waals surface area contributed by atoms with E-state index >= 15 is 0 Å². The Hall–Kier alpha value is -3.10. The summed E-state index contributed by atoms with van der Waals surface area (Å²) in [5, 5.41) is 4.79. The molecule has 2 aromatic heterocycles. The van der Waals surface area contributed by atoms with E-state index in [4.69, 9.17) is 9.17 Å². The van der Waals surface area contributed by atoms with Gasteiger partial charge in [0.1, 0.15) is 22.9 Å². The van der Waals surface area contributed by atoms with Crippen LogP contribution in [0.15, 0.2) is 82.8 Å². The Morgan fingerprint density at radius 2 is 1.65 bits per heavy atom. The standard InChI is InChI=1S/C29H32BrN3O3S/c1-28(2,3)20-29(4,5)32-27-26(31-25-16-13-23(30)19-33(25)27)22-11-14-24(15-12-22)36-37(34,35)18-17-21-9-7-6-8-10-21/h6-19,32H,20H2,1-5H3. The zero-order valence-corrected chi connectivity index (χ0v) is 24.1. The zero-order valence-electron chi connectivity index (χ0n) is 21.7. The van der Waals surface area contributed by atoms with Crippen LogP contribution in [0, 0.1) is 5.41 Å². The van der Waals surface area contributed by atoms with Gasteiger partial charge in [-0.2, -0.15) is 8.42 Å². The first-order valence-electron chi connectivity index (χ1n) is 12.0. The van der Waals surface area contributed by atoms with Crippen molar-refractivity contribution in [1.29, 1.82) is 0 Å². The largest absolute Gasteiger partial charge is 0.379 e. The third kappa shape index (κ3) is 7.23. The van der Waals surface area contributed by atoms with E-state index in [0.717, 1.165) is 44.6 Å². The van der Waals surface area contributed by atoms with E-state index < -0.39 is 10.1 Å². The normalized spacial score (nSPS) is 12.8. The number of aromatic nitrogens is 2. The quantitative estimate of drug-likeness (QED) is 0.215. The number of benzene rings is 2. The van der Waals surface area contributed by atoms with Gasteiger partial charge in [-0.15, -0.1) is 0 Å². The minimum atomic E-state index is -3.90. The summed E-state index contributed by atoms with van der Waals surface area (Å²) < 4.78 is 33.2. The van der Waals surface area contributed by atoms with Crippen molar-refractivity contribution in [3.63, 3.8) is 0 Å². The Kier molecular flexibility index (Phi) is 7.53. The van der Waals surface area contributed by atoms with Crippen LogP contribution >= 0.6 is 15.9 Å². The molecule has 37 heavy (non-hydrogen) atoms. The molecule has 1 N–H and O–H groups in total. The van der Waals surface area contributed by atoms with E-state index in [1.165, 1.54) is 6.08 Å². The number of rotatable bonds is 8. The highest BCUT2D eigenvalue weighted by Crippen LogP contribution is 2.36. The van der Waals surface area contributed by atoms with Gasteiger partial charge >= 0.3 is 10.1 Å². The predicted octanol–water partition coefficient (Wildman–Crippen LogP) is 7.77. The van der Waals surface area contributed by atoms with E-state index in [1.807, 2.05) is 65.2 Å². The first kappa shape index (κ1) is 26.9. The molecule has 0 saturated heterocycles.